The molecule has 6 nitrogen and oxygen atoms in total. The number of carbonyl (C=O) groups excluding carboxylic acids is 1. The predicted octanol–water partition coefficient (Wildman–Crippen LogP) is -0.149. The van der Waals surface area contributed by atoms with Gasteiger partial charge < -0.3 is 4.90 Å². The maximum absolute atomic E-state index is 12.0. The summed E-state index contributed by atoms with van der Waals surface area (Å²) in [5, 5.41) is 3.33. The largest absolute Gasteiger partial charge is 0.471 e. The zero-order valence-electron chi connectivity index (χ0n) is 7.74. The number of nitrogens with one attached hydrogen (secondary N) is 1. The molecule has 1 aliphatic rings. The second-order valence-electron chi connectivity index (χ2n) is 3.39. The molecular formula is C7H6F3N3O3. The summed E-state index contributed by atoms with van der Waals surface area (Å²) in [5.74, 6) is -2.89. The fraction of sp³-hybridized carbons (Fsp3) is 0.571. The Kier molecular flexibility index (Phi) is 2.25. The summed E-state index contributed by atoms with van der Waals surface area (Å²) >= 11 is 0. The Morgan fingerprint density at radius 1 is 1.50 bits per heavy atom. The molecule has 1 N–H and O–H groups in total. The maximum Gasteiger partial charge on any atom is 0.471 e. The molecule has 0 unspecified atom stereocenters. The standard InChI is InChI=1S/C7H6F3N3O3/c8-7(9,10)5(14)13-1-3(2-13)4-11-6(15)16-12-4/h3H,1-2H2,(H,11,12,15). The van der Waals surface area contributed by atoms with Crippen LogP contribution in [0.25, 0.3) is 0 Å². The predicted molar refractivity (Wildman–Crippen MR) is 42.5 cm³/mol. The molecule has 0 aliphatic carbocycles. The van der Waals surface area contributed by atoms with Crippen molar-refractivity contribution in [2.24, 2.45) is 0 Å². The molecule has 16 heavy (non-hydrogen) atoms. The molecule has 1 aromatic rings. The number of carbonyl (C=O) groups is 1. The van der Waals surface area contributed by atoms with E-state index in [0.29, 0.717) is 4.90 Å². The van der Waals surface area contributed by atoms with Gasteiger partial charge >= 0.3 is 17.8 Å². The number of H-pyrrole nitrogens is 1. The number of aromatic amines is 1. The van der Waals surface area contributed by atoms with Gasteiger partial charge in [0.15, 0.2) is 5.82 Å². The molecule has 88 valence electrons. The quantitative estimate of drug-likeness (QED) is 0.736. The SMILES string of the molecule is O=C(N1CC(c2noc(=O)[nH]2)C1)C(F)(F)F. The Bertz CT molecular complexity index is 457. The molecule has 0 saturated carbocycles. The van der Waals surface area contributed by atoms with E-state index >= 15 is 0 Å². The Balaban J connectivity index is 1.96. The topological polar surface area (TPSA) is 79.2 Å². The normalized spacial score (nSPS) is 17.3. The van der Waals surface area contributed by atoms with Crippen LogP contribution in [0, 0.1) is 0 Å². The summed E-state index contributed by atoms with van der Waals surface area (Å²) in [6, 6.07) is 0. The van der Waals surface area contributed by atoms with Gasteiger partial charge in [-0.25, -0.2) is 4.79 Å². The molecule has 1 aromatic heterocycles. The summed E-state index contributed by atoms with van der Waals surface area (Å²) in [6.07, 6.45) is -4.86. The van der Waals surface area contributed by atoms with Crippen LogP contribution in [0.1, 0.15) is 11.7 Å². The first-order chi connectivity index (χ1) is 7.38. The van der Waals surface area contributed by atoms with Crippen LogP contribution in [0.2, 0.25) is 0 Å². The van der Waals surface area contributed by atoms with Gasteiger partial charge in [-0.1, -0.05) is 5.16 Å². The van der Waals surface area contributed by atoms with Crippen LogP contribution >= 0.6 is 0 Å². The first-order valence-electron chi connectivity index (χ1n) is 4.30. The summed E-state index contributed by atoms with van der Waals surface area (Å²) in [6.45, 7) is -0.248. The van der Waals surface area contributed by atoms with E-state index in [1.165, 1.54) is 0 Å². The molecule has 1 aliphatic heterocycles. The highest BCUT2D eigenvalue weighted by Gasteiger charge is 2.47. The summed E-state index contributed by atoms with van der Waals surface area (Å²) < 4.78 is 40.1. The number of nitrogens with zero attached hydrogens (tertiary/aromatic N) is 2. The van der Waals surface area contributed by atoms with Crippen LogP contribution in [0.4, 0.5) is 13.2 Å². The zero-order chi connectivity index (χ0) is 11.9. The number of amides is 1. The lowest BCUT2D eigenvalue weighted by molar-refractivity contribution is -0.190. The van der Waals surface area contributed by atoms with E-state index in [-0.39, 0.29) is 18.9 Å². The Morgan fingerprint density at radius 3 is 2.56 bits per heavy atom. The smallest absolute Gasteiger partial charge is 0.333 e. The Labute approximate surface area is 86.0 Å². The molecule has 2 rings (SSSR count). The Morgan fingerprint density at radius 2 is 2.12 bits per heavy atom. The second-order valence-corrected chi connectivity index (χ2v) is 3.39. The van der Waals surface area contributed by atoms with Crippen LogP contribution in [-0.2, 0) is 4.79 Å². The van der Waals surface area contributed by atoms with Crippen LogP contribution < -0.4 is 5.76 Å². The molecule has 0 spiro atoms. The maximum atomic E-state index is 12.0. The summed E-state index contributed by atoms with van der Waals surface area (Å²) in [7, 11) is 0. The number of hydrogen-bond donors (Lipinski definition) is 1. The van der Waals surface area contributed by atoms with E-state index in [4.69, 9.17) is 0 Å². The van der Waals surface area contributed by atoms with Crippen molar-refractivity contribution in [2.45, 2.75) is 12.1 Å². The van der Waals surface area contributed by atoms with Crippen LogP contribution in [0.3, 0.4) is 0 Å². The fourth-order valence-electron chi connectivity index (χ4n) is 1.41. The number of rotatable bonds is 1. The van der Waals surface area contributed by atoms with Gasteiger partial charge in [0.2, 0.25) is 0 Å². The van der Waals surface area contributed by atoms with Crippen molar-refractivity contribution >= 4 is 5.91 Å². The highest BCUT2D eigenvalue weighted by Crippen LogP contribution is 2.28. The van der Waals surface area contributed by atoms with Crippen molar-refractivity contribution < 1.29 is 22.5 Å². The summed E-state index contributed by atoms with van der Waals surface area (Å²) in [4.78, 5) is 24.1. The van der Waals surface area contributed by atoms with Gasteiger partial charge in [0.05, 0.1) is 5.92 Å². The lowest BCUT2D eigenvalue weighted by atomic mass is 9.99. The minimum absolute atomic E-state index is 0.124. The van der Waals surface area contributed by atoms with E-state index in [1.54, 1.807) is 0 Å². The monoisotopic (exact) mass is 237 g/mol. The Hall–Kier alpha value is -1.80. The average Bonchev–Trinajstić information content (AvgIpc) is 2.47. The number of aromatic nitrogens is 2. The highest BCUT2D eigenvalue weighted by atomic mass is 19.4. The lowest BCUT2D eigenvalue weighted by Crippen LogP contribution is -2.53. The number of hydrogen-bond acceptors (Lipinski definition) is 4. The van der Waals surface area contributed by atoms with Crippen molar-refractivity contribution in [3.8, 4) is 0 Å². The first-order valence-corrected chi connectivity index (χ1v) is 4.30. The van der Waals surface area contributed by atoms with Crippen molar-refractivity contribution in [3.05, 3.63) is 16.4 Å². The van der Waals surface area contributed by atoms with Crippen molar-refractivity contribution in [3.63, 3.8) is 0 Å². The minimum Gasteiger partial charge on any atom is -0.333 e. The minimum atomic E-state index is -4.86. The third kappa shape index (κ3) is 1.79. The average molecular weight is 237 g/mol. The number of alkyl halides is 3. The van der Waals surface area contributed by atoms with Crippen molar-refractivity contribution in [1.29, 1.82) is 0 Å². The van der Waals surface area contributed by atoms with E-state index in [9.17, 15) is 22.8 Å². The molecule has 0 aromatic carbocycles. The van der Waals surface area contributed by atoms with Crippen LogP contribution in [-0.4, -0.2) is 40.2 Å². The molecular weight excluding hydrogens is 231 g/mol. The molecule has 1 saturated heterocycles. The van der Waals surface area contributed by atoms with E-state index in [1.807, 2.05) is 0 Å². The second kappa shape index (κ2) is 3.35. The molecule has 1 fully saturated rings. The van der Waals surface area contributed by atoms with Gasteiger partial charge in [-0.15, -0.1) is 0 Å². The van der Waals surface area contributed by atoms with Crippen molar-refractivity contribution in [2.75, 3.05) is 13.1 Å². The molecule has 1 amide bonds. The van der Waals surface area contributed by atoms with Gasteiger partial charge in [0.1, 0.15) is 0 Å². The zero-order valence-corrected chi connectivity index (χ0v) is 7.74. The third-order valence-electron chi connectivity index (χ3n) is 2.25. The van der Waals surface area contributed by atoms with Crippen LogP contribution in [0.5, 0.6) is 0 Å². The van der Waals surface area contributed by atoms with Gasteiger partial charge in [-0.05, 0) is 0 Å². The first kappa shape index (κ1) is 10.7. The summed E-state index contributed by atoms with van der Waals surface area (Å²) in [5.41, 5.74) is 0. The van der Waals surface area contributed by atoms with E-state index in [0.717, 1.165) is 0 Å². The fourth-order valence-corrected chi connectivity index (χ4v) is 1.41. The molecule has 2 heterocycles. The van der Waals surface area contributed by atoms with Gasteiger partial charge in [0, 0.05) is 13.1 Å². The van der Waals surface area contributed by atoms with Gasteiger partial charge in [-0.3, -0.25) is 14.3 Å². The van der Waals surface area contributed by atoms with Gasteiger partial charge in [-0.2, -0.15) is 13.2 Å². The van der Waals surface area contributed by atoms with Crippen LogP contribution in [0.15, 0.2) is 9.32 Å². The van der Waals surface area contributed by atoms with Crippen molar-refractivity contribution in [1.82, 2.24) is 15.0 Å². The van der Waals surface area contributed by atoms with E-state index in [2.05, 4.69) is 14.7 Å². The molecule has 0 bridgehead atoms. The molecule has 0 radical (unpaired) electrons. The number of halogens is 3. The van der Waals surface area contributed by atoms with E-state index < -0.39 is 23.8 Å². The molecule has 9 heteroatoms. The third-order valence-corrected chi connectivity index (χ3v) is 2.25. The lowest BCUT2D eigenvalue weighted by Gasteiger charge is -2.37. The highest BCUT2D eigenvalue weighted by molar-refractivity contribution is 5.82. The van der Waals surface area contributed by atoms with Gasteiger partial charge in [0.25, 0.3) is 0 Å². The number of likely N-dealkylation sites (tertiary alicyclic amines) is 1. The molecule has 0 atom stereocenters.